The monoisotopic (exact) mass is 473 g/mol. The molecule has 2 aromatic carbocycles. The van der Waals surface area contributed by atoms with E-state index < -0.39 is 17.5 Å². The number of nitrogen functional groups attached to an aromatic ring is 1. The van der Waals surface area contributed by atoms with Crippen LogP contribution in [-0.2, 0) is 5.54 Å². The summed E-state index contributed by atoms with van der Waals surface area (Å²) in [4.78, 5) is 4.27. The summed E-state index contributed by atoms with van der Waals surface area (Å²) in [6.45, 7) is 5.58. The highest BCUT2D eigenvalue weighted by Gasteiger charge is 2.23. The molecule has 0 aliphatic carbocycles. The van der Waals surface area contributed by atoms with Crippen LogP contribution in [0.4, 0.5) is 10.2 Å². The molecule has 0 aliphatic rings. The maximum Gasteiger partial charge on any atom is 0.205 e. The molecule has 0 fully saturated rings. The predicted molar refractivity (Wildman–Crippen MR) is 127 cm³/mol. The van der Waals surface area contributed by atoms with E-state index in [2.05, 4.69) is 4.98 Å². The van der Waals surface area contributed by atoms with E-state index in [0.29, 0.717) is 16.5 Å². The fourth-order valence-electron chi connectivity index (χ4n) is 3.56. The second kappa shape index (κ2) is 8.28. The van der Waals surface area contributed by atoms with Crippen LogP contribution in [0.5, 0.6) is 5.75 Å². The second-order valence-corrected chi connectivity index (χ2v) is 8.97. The molecule has 0 spiro atoms. The van der Waals surface area contributed by atoms with E-state index in [1.165, 1.54) is 12.1 Å². The first-order valence-corrected chi connectivity index (χ1v) is 10.7. The van der Waals surface area contributed by atoms with Crippen LogP contribution >= 0.6 is 23.2 Å². The Hall–Kier alpha value is -2.80. The second-order valence-electron chi connectivity index (χ2n) is 8.18. The van der Waals surface area contributed by atoms with E-state index in [9.17, 15) is 4.39 Å². The van der Waals surface area contributed by atoms with E-state index in [1.54, 1.807) is 19.4 Å². The van der Waals surface area contributed by atoms with Gasteiger partial charge in [-0.3, -0.25) is 0 Å². The van der Waals surface area contributed by atoms with Crippen LogP contribution < -0.4 is 16.2 Å². The van der Waals surface area contributed by atoms with E-state index in [1.807, 2.05) is 38.1 Å². The average Bonchev–Trinajstić information content (AvgIpc) is 3.17. The Bertz CT molecular complexity index is 1310. The average molecular weight is 474 g/mol. The minimum absolute atomic E-state index is 0.106. The highest BCUT2D eigenvalue weighted by molar-refractivity contribution is 6.36. The lowest BCUT2D eigenvalue weighted by atomic mass is 9.92. The highest BCUT2D eigenvalue weighted by Crippen LogP contribution is 2.41. The number of hydrogen-bond donors (Lipinski definition) is 2. The number of hydrogen-bond acceptors (Lipinski definition) is 5. The third-order valence-corrected chi connectivity index (χ3v) is 6.01. The van der Waals surface area contributed by atoms with Crippen molar-refractivity contribution < 1.29 is 13.5 Å². The molecule has 166 valence electrons. The SMILES string of the molecule is CC(Oc1c(N)ncc2c(-c3cccc(C(C)(C)N)c3)coc12)c1c(Cl)ccc(F)c1Cl. The van der Waals surface area contributed by atoms with Gasteiger partial charge in [0.1, 0.15) is 11.9 Å². The van der Waals surface area contributed by atoms with Crippen molar-refractivity contribution in [3.8, 4) is 16.9 Å². The van der Waals surface area contributed by atoms with Crippen molar-refractivity contribution in [2.24, 2.45) is 5.73 Å². The van der Waals surface area contributed by atoms with Crippen LogP contribution in [-0.4, -0.2) is 4.98 Å². The van der Waals surface area contributed by atoms with Gasteiger partial charge in [-0.25, -0.2) is 9.37 Å². The largest absolute Gasteiger partial charge is 0.478 e. The fourth-order valence-corrected chi connectivity index (χ4v) is 4.23. The van der Waals surface area contributed by atoms with Crippen molar-refractivity contribution in [3.63, 3.8) is 0 Å². The Kier molecular flexibility index (Phi) is 5.79. The molecule has 0 aliphatic heterocycles. The number of pyridine rings is 1. The van der Waals surface area contributed by atoms with Crippen LogP contribution in [0.2, 0.25) is 10.0 Å². The maximum absolute atomic E-state index is 14.0. The molecule has 0 saturated heterocycles. The number of fused-ring (bicyclic) bond motifs is 1. The van der Waals surface area contributed by atoms with E-state index >= 15 is 0 Å². The summed E-state index contributed by atoms with van der Waals surface area (Å²) in [7, 11) is 0. The third-order valence-electron chi connectivity index (χ3n) is 5.30. The number of anilines is 1. The molecule has 2 aromatic heterocycles. The van der Waals surface area contributed by atoms with Crippen molar-refractivity contribution in [2.75, 3.05) is 5.73 Å². The molecule has 0 bridgehead atoms. The molecule has 1 unspecified atom stereocenters. The summed E-state index contributed by atoms with van der Waals surface area (Å²) in [5.41, 5.74) is 15.3. The van der Waals surface area contributed by atoms with Gasteiger partial charge in [-0.2, -0.15) is 0 Å². The van der Waals surface area contributed by atoms with Gasteiger partial charge >= 0.3 is 0 Å². The van der Waals surface area contributed by atoms with E-state index in [-0.39, 0.29) is 21.6 Å². The van der Waals surface area contributed by atoms with Gasteiger partial charge < -0.3 is 20.6 Å². The standard InChI is InChI=1S/C24H22Cl2FN3O2/c1-12(19-17(25)7-8-18(27)20(19)26)32-22-21-15(10-30-23(22)28)16(11-31-21)13-5-4-6-14(9-13)24(2,3)29/h4-12H,29H2,1-3H3,(H2,28,30). The van der Waals surface area contributed by atoms with Crippen LogP contribution in [0.1, 0.15) is 38.0 Å². The maximum atomic E-state index is 14.0. The summed E-state index contributed by atoms with van der Waals surface area (Å²) in [5, 5.41) is 0.888. The summed E-state index contributed by atoms with van der Waals surface area (Å²) in [5.74, 6) is -0.229. The molecule has 4 rings (SSSR count). The van der Waals surface area contributed by atoms with E-state index in [4.69, 9.17) is 43.8 Å². The van der Waals surface area contributed by atoms with Gasteiger partial charge in [-0.05, 0) is 50.1 Å². The molecule has 1 atom stereocenters. The van der Waals surface area contributed by atoms with Crippen LogP contribution in [0.3, 0.4) is 0 Å². The topological polar surface area (TPSA) is 87.3 Å². The van der Waals surface area contributed by atoms with Crippen molar-refractivity contribution in [3.05, 3.63) is 75.8 Å². The van der Waals surface area contributed by atoms with Gasteiger partial charge in [0.2, 0.25) is 5.75 Å². The summed E-state index contributed by atoms with van der Waals surface area (Å²) >= 11 is 12.4. The first kappa shape index (κ1) is 22.4. The molecule has 4 N–H and O–H groups in total. The van der Waals surface area contributed by atoms with Crippen molar-refractivity contribution >= 4 is 40.0 Å². The first-order chi connectivity index (χ1) is 15.1. The zero-order valence-electron chi connectivity index (χ0n) is 17.7. The lowest BCUT2D eigenvalue weighted by Gasteiger charge is -2.20. The minimum Gasteiger partial charge on any atom is -0.478 e. The Labute approximate surface area is 195 Å². The third kappa shape index (κ3) is 4.01. The van der Waals surface area contributed by atoms with Gasteiger partial charge in [0.15, 0.2) is 11.4 Å². The van der Waals surface area contributed by atoms with Gasteiger partial charge in [0, 0.05) is 27.9 Å². The number of nitrogens with two attached hydrogens (primary N) is 2. The Morgan fingerprint density at radius 3 is 2.66 bits per heavy atom. The van der Waals surface area contributed by atoms with Crippen molar-refractivity contribution in [1.29, 1.82) is 0 Å². The van der Waals surface area contributed by atoms with Crippen LogP contribution in [0, 0.1) is 5.82 Å². The number of halogens is 3. The molecule has 5 nitrogen and oxygen atoms in total. The number of benzene rings is 2. The number of rotatable bonds is 5. The number of nitrogens with zero attached hydrogens (tertiary/aromatic N) is 1. The fraction of sp³-hybridized carbons (Fsp3) is 0.208. The minimum atomic E-state index is -0.713. The quantitative estimate of drug-likeness (QED) is 0.309. The molecule has 2 heterocycles. The summed E-state index contributed by atoms with van der Waals surface area (Å²) in [6, 6.07) is 10.5. The normalized spacial score (nSPS) is 12.8. The number of ether oxygens (including phenoxy) is 1. The van der Waals surface area contributed by atoms with Crippen LogP contribution in [0.25, 0.3) is 22.1 Å². The van der Waals surface area contributed by atoms with Gasteiger partial charge in [-0.1, -0.05) is 41.4 Å². The Balaban J connectivity index is 1.78. The molecule has 32 heavy (non-hydrogen) atoms. The van der Waals surface area contributed by atoms with Crippen LogP contribution in [0.15, 0.2) is 53.3 Å². The zero-order chi connectivity index (χ0) is 23.2. The molecular weight excluding hydrogens is 452 g/mol. The zero-order valence-corrected chi connectivity index (χ0v) is 19.3. The van der Waals surface area contributed by atoms with Gasteiger partial charge in [-0.15, -0.1) is 0 Å². The smallest absolute Gasteiger partial charge is 0.205 e. The molecular formula is C24H22Cl2FN3O2. The number of furan rings is 1. The van der Waals surface area contributed by atoms with Crippen molar-refractivity contribution in [1.82, 2.24) is 4.98 Å². The lowest BCUT2D eigenvalue weighted by Crippen LogP contribution is -2.28. The molecule has 0 saturated carbocycles. The number of aromatic nitrogens is 1. The van der Waals surface area contributed by atoms with Crippen molar-refractivity contribution in [2.45, 2.75) is 32.4 Å². The Morgan fingerprint density at radius 2 is 1.94 bits per heavy atom. The van der Waals surface area contributed by atoms with Gasteiger partial charge in [0.05, 0.1) is 16.7 Å². The Morgan fingerprint density at radius 1 is 1.19 bits per heavy atom. The molecule has 0 amide bonds. The molecule has 8 heteroatoms. The summed E-state index contributed by atoms with van der Waals surface area (Å²) < 4.78 is 25.9. The van der Waals surface area contributed by atoms with E-state index in [0.717, 1.165) is 16.7 Å². The predicted octanol–water partition coefficient (Wildman–Crippen LogP) is 6.86. The molecule has 0 radical (unpaired) electrons. The lowest BCUT2D eigenvalue weighted by molar-refractivity contribution is 0.227. The molecule has 4 aromatic rings. The first-order valence-electron chi connectivity index (χ1n) is 9.93. The van der Waals surface area contributed by atoms with Gasteiger partial charge in [0.25, 0.3) is 0 Å². The summed E-state index contributed by atoms with van der Waals surface area (Å²) in [6.07, 6.45) is 2.53. The highest BCUT2D eigenvalue weighted by atomic mass is 35.5.